The summed E-state index contributed by atoms with van der Waals surface area (Å²) in [5, 5.41) is 12.0. The van der Waals surface area contributed by atoms with Gasteiger partial charge in [-0.3, -0.25) is 9.78 Å². The SMILES string of the molecule is CC(C)(N)c1ccc(-c2ccc(C(O)C(CF)NC(=O)C(F)F)cc2)cn1. The number of rotatable bonds is 7. The van der Waals surface area contributed by atoms with Crippen molar-refractivity contribution in [3.63, 3.8) is 0 Å². The van der Waals surface area contributed by atoms with E-state index in [4.69, 9.17) is 5.73 Å². The number of aliphatic hydroxyl groups excluding tert-OH is 1. The largest absolute Gasteiger partial charge is 0.386 e. The van der Waals surface area contributed by atoms with Crippen LogP contribution in [-0.2, 0) is 10.3 Å². The van der Waals surface area contributed by atoms with Gasteiger partial charge in [-0.25, -0.2) is 4.39 Å². The maximum Gasteiger partial charge on any atom is 0.315 e. The fourth-order valence-corrected chi connectivity index (χ4v) is 2.50. The standard InChI is InChI=1S/C19H22F3N3O2/c1-19(2,23)15-8-7-13(10-24-15)11-3-5-12(6-4-11)16(26)14(9-20)25-18(27)17(21)22/h3-8,10,14,16-17,26H,9,23H2,1-2H3,(H,25,27). The van der Waals surface area contributed by atoms with E-state index in [-0.39, 0.29) is 0 Å². The first kappa shape index (κ1) is 20.9. The molecule has 27 heavy (non-hydrogen) atoms. The van der Waals surface area contributed by atoms with Crippen LogP contribution in [-0.4, -0.2) is 35.1 Å². The number of nitrogens with one attached hydrogen (secondary N) is 1. The van der Waals surface area contributed by atoms with Crippen molar-refractivity contribution in [3.8, 4) is 11.1 Å². The van der Waals surface area contributed by atoms with E-state index in [1.807, 2.05) is 26.0 Å². The summed E-state index contributed by atoms with van der Waals surface area (Å²) in [6.07, 6.45) is -3.06. The Labute approximate surface area is 155 Å². The van der Waals surface area contributed by atoms with Crippen LogP contribution < -0.4 is 11.1 Å². The molecule has 2 aromatic rings. The summed E-state index contributed by atoms with van der Waals surface area (Å²) in [4.78, 5) is 15.4. The molecule has 0 aliphatic heterocycles. The summed E-state index contributed by atoms with van der Waals surface area (Å²) >= 11 is 0. The smallest absolute Gasteiger partial charge is 0.315 e. The normalized spacial score (nSPS) is 14.1. The van der Waals surface area contributed by atoms with Gasteiger partial charge < -0.3 is 16.2 Å². The first-order valence-electron chi connectivity index (χ1n) is 8.31. The zero-order chi connectivity index (χ0) is 20.2. The number of halogens is 3. The minimum absolute atomic E-state index is 0.295. The van der Waals surface area contributed by atoms with Gasteiger partial charge >= 0.3 is 6.43 Å². The number of alkyl halides is 3. The van der Waals surface area contributed by atoms with Gasteiger partial charge in [0.25, 0.3) is 5.91 Å². The summed E-state index contributed by atoms with van der Waals surface area (Å²) in [5.74, 6) is -1.62. The average Bonchev–Trinajstić information content (AvgIpc) is 2.64. The Balaban J connectivity index is 2.15. The van der Waals surface area contributed by atoms with Gasteiger partial charge in [0, 0.05) is 11.8 Å². The predicted octanol–water partition coefficient (Wildman–Crippen LogP) is 2.70. The summed E-state index contributed by atoms with van der Waals surface area (Å²) < 4.78 is 37.7. The fourth-order valence-electron chi connectivity index (χ4n) is 2.50. The molecule has 0 saturated carbocycles. The van der Waals surface area contributed by atoms with Crippen molar-refractivity contribution < 1.29 is 23.1 Å². The molecule has 0 fully saturated rings. The van der Waals surface area contributed by atoms with Gasteiger partial charge in [-0.2, -0.15) is 8.78 Å². The fraction of sp³-hybridized carbons (Fsp3) is 0.368. The molecule has 1 aromatic heterocycles. The zero-order valence-corrected chi connectivity index (χ0v) is 15.0. The first-order chi connectivity index (χ1) is 12.6. The molecule has 1 heterocycles. The molecule has 5 nitrogen and oxygen atoms in total. The molecule has 8 heteroatoms. The highest BCUT2D eigenvalue weighted by atomic mass is 19.3. The molecule has 0 saturated heterocycles. The molecule has 4 N–H and O–H groups in total. The maximum absolute atomic E-state index is 13.1. The zero-order valence-electron chi connectivity index (χ0n) is 15.0. The van der Waals surface area contributed by atoms with Crippen molar-refractivity contribution in [3.05, 3.63) is 53.9 Å². The van der Waals surface area contributed by atoms with Crippen molar-refractivity contribution in [2.45, 2.75) is 38.0 Å². The highest BCUT2D eigenvalue weighted by molar-refractivity contribution is 5.79. The number of aromatic nitrogens is 1. The Bertz CT molecular complexity index is 759. The van der Waals surface area contributed by atoms with Crippen molar-refractivity contribution in [2.24, 2.45) is 5.73 Å². The van der Waals surface area contributed by atoms with Crippen LogP contribution in [0.25, 0.3) is 11.1 Å². The summed E-state index contributed by atoms with van der Waals surface area (Å²) in [7, 11) is 0. The van der Waals surface area contributed by atoms with E-state index in [1.165, 1.54) is 12.1 Å². The minimum Gasteiger partial charge on any atom is -0.386 e. The molecule has 0 radical (unpaired) electrons. The Morgan fingerprint density at radius 1 is 1.19 bits per heavy atom. The van der Waals surface area contributed by atoms with Crippen LogP contribution >= 0.6 is 0 Å². The molecule has 1 aromatic carbocycles. The van der Waals surface area contributed by atoms with E-state index < -0.39 is 36.7 Å². The van der Waals surface area contributed by atoms with Crippen LogP contribution in [0.5, 0.6) is 0 Å². The topological polar surface area (TPSA) is 88.2 Å². The number of carbonyl (C=O) groups is 1. The number of hydrogen-bond acceptors (Lipinski definition) is 4. The van der Waals surface area contributed by atoms with Gasteiger partial charge in [0.05, 0.1) is 17.3 Å². The van der Waals surface area contributed by atoms with Gasteiger partial charge in [0.2, 0.25) is 0 Å². The average molecular weight is 381 g/mol. The summed E-state index contributed by atoms with van der Waals surface area (Å²) in [6.45, 7) is 2.51. The third kappa shape index (κ3) is 5.27. The number of carbonyl (C=O) groups excluding carboxylic acids is 1. The highest BCUT2D eigenvalue weighted by Gasteiger charge is 2.26. The van der Waals surface area contributed by atoms with E-state index in [0.717, 1.165) is 16.8 Å². The molecule has 2 rings (SSSR count). The maximum atomic E-state index is 13.1. The van der Waals surface area contributed by atoms with Crippen molar-refractivity contribution >= 4 is 5.91 Å². The molecule has 0 bridgehead atoms. The molecular formula is C19H22F3N3O2. The molecule has 2 unspecified atom stereocenters. The van der Waals surface area contributed by atoms with Gasteiger partial charge in [-0.15, -0.1) is 0 Å². The number of amides is 1. The van der Waals surface area contributed by atoms with Crippen LogP contribution in [0.2, 0.25) is 0 Å². The number of pyridine rings is 1. The van der Waals surface area contributed by atoms with Crippen LogP contribution in [0.1, 0.15) is 31.2 Å². The van der Waals surface area contributed by atoms with E-state index in [2.05, 4.69) is 4.98 Å². The van der Waals surface area contributed by atoms with Crippen molar-refractivity contribution in [2.75, 3.05) is 6.67 Å². The lowest BCUT2D eigenvalue weighted by molar-refractivity contribution is -0.133. The molecular weight excluding hydrogens is 359 g/mol. The molecule has 0 spiro atoms. The Morgan fingerprint density at radius 2 is 1.78 bits per heavy atom. The number of benzene rings is 1. The lowest BCUT2D eigenvalue weighted by Crippen LogP contribution is -2.43. The second-order valence-electron chi connectivity index (χ2n) is 6.79. The molecule has 146 valence electrons. The van der Waals surface area contributed by atoms with E-state index in [1.54, 1.807) is 23.6 Å². The highest BCUT2D eigenvalue weighted by Crippen LogP contribution is 2.25. The number of aliphatic hydroxyl groups is 1. The minimum atomic E-state index is -3.28. The summed E-state index contributed by atoms with van der Waals surface area (Å²) in [6, 6.07) is 8.67. The van der Waals surface area contributed by atoms with Gasteiger partial charge in [-0.05, 0) is 31.0 Å². The Kier molecular flexibility index (Phi) is 6.56. The van der Waals surface area contributed by atoms with E-state index in [0.29, 0.717) is 5.56 Å². The molecule has 1 amide bonds. The van der Waals surface area contributed by atoms with Gasteiger partial charge in [0.1, 0.15) is 12.8 Å². The first-order valence-corrected chi connectivity index (χ1v) is 8.31. The van der Waals surface area contributed by atoms with Gasteiger partial charge in [0.15, 0.2) is 0 Å². The van der Waals surface area contributed by atoms with Crippen LogP contribution in [0.3, 0.4) is 0 Å². The number of nitrogens with zero attached hydrogens (tertiary/aromatic N) is 1. The molecule has 2 atom stereocenters. The van der Waals surface area contributed by atoms with Crippen LogP contribution in [0.4, 0.5) is 13.2 Å². The van der Waals surface area contributed by atoms with Crippen LogP contribution in [0.15, 0.2) is 42.6 Å². The molecule has 0 aliphatic rings. The van der Waals surface area contributed by atoms with Crippen molar-refractivity contribution in [1.29, 1.82) is 0 Å². The third-order valence-corrected chi connectivity index (χ3v) is 4.08. The monoisotopic (exact) mass is 381 g/mol. The number of nitrogens with two attached hydrogens (primary N) is 1. The predicted molar refractivity (Wildman–Crippen MR) is 95.8 cm³/mol. The quantitative estimate of drug-likeness (QED) is 0.688. The van der Waals surface area contributed by atoms with Gasteiger partial charge in [-0.1, -0.05) is 30.3 Å². The molecule has 0 aliphatic carbocycles. The Morgan fingerprint density at radius 3 is 2.22 bits per heavy atom. The van der Waals surface area contributed by atoms with Crippen LogP contribution in [0, 0.1) is 0 Å². The van der Waals surface area contributed by atoms with E-state index >= 15 is 0 Å². The second-order valence-corrected chi connectivity index (χ2v) is 6.79. The lowest BCUT2D eigenvalue weighted by Gasteiger charge is -2.22. The lowest BCUT2D eigenvalue weighted by atomic mass is 9.97. The van der Waals surface area contributed by atoms with E-state index in [9.17, 15) is 23.1 Å². The number of hydrogen-bond donors (Lipinski definition) is 3. The Hall–Kier alpha value is -2.45. The summed E-state index contributed by atoms with van der Waals surface area (Å²) in [5.41, 5.74) is 8.08. The second kappa shape index (κ2) is 8.49. The van der Waals surface area contributed by atoms with Crippen molar-refractivity contribution in [1.82, 2.24) is 10.3 Å². The third-order valence-electron chi connectivity index (χ3n) is 4.08.